The van der Waals surface area contributed by atoms with E-state index in [0.29, 0.717) is 5.92 Å². The zero-order valence-corrected chi connectivity index (χ0v) is 13.4. The van der Waals surface area contributed by atoms with Crippen LogP contribution in [0.4, 0.5) is 5.69 Å². The molecule has 1 heterocycles. The quantitative estimate of drug-likeness (QED) is 0.799. The number of hydrogen-bond acceptors (Lipinski definition) is 4. The molecule has 0 saturated carbocycles. The maximum atomic E-state index is 8.98. The Labute approximate surface area is 128 Å². The molecule has 1 fully saturated rings. The highest BCUT2D eigenvalue weighted by Gasteiger charge is 2.16. The smallest absolute Gasteiger partial charge is 0.0558 e. The van der Waals surface area contributed by atoms with Crippen molar-refractivity contribution in [2.24, 2.45) is 5.92 Å². The van der Waals surface area contributed by atoms with Crippen molar-refractivity contribution in [3.05, 3.63) is 29.8 Å². The minimum Gasteiger partial charge on any atom is -0.395 e. The van der Waals surface area contributed by atoms with E-state index in [2.05, 4.69) is 53.2 Å². The molecule has 1 saturated heterocycles. The topological polar surface area (TPSA) is 38.7 Å². The summed E-state index contributed by atoms with van der Waals surface area (Å²) in [6.07, 6.45) is 0. The van der Waals surface area contributed by atoms with Crippen molar-refractivity contribution >= 4 is 5.69 Å². The lowest BCUT2D eigenvalue weighted by molar-refractivity contribution is 0.189. The molecule has 0 atom stereocenters. The van der Waals surface area contributed by atoms with Crippen LogP contribution in [0, 0.1) is 5.92 Å². The number of piperazine rings is 1. The highest BCUT2D eigenvalue weighted by atomic mass is 16.3. The Morgan fingerprint density at radius 2 is 1.76 bits per heavy atom. The SMILES string of the molecule is CC(C)CNCc1ccc(N2CCN(CCO)CC2)cc1. The highest BCUT2D eigenvalue weighted by molar-refractivity contribution is 5.48. The molecule has 0 radical (unpaired) electrons. The molecular weight excluding hydrogens is 262 g/mol. The maximum Gasteiger partial charge on any atom is 0.0558 e. The van der Waals surface area contributed by atoms with Crippen LogP contribution in [0.3, 0.4) is 0 Å². The third-order valence-corrected chi connectivity index (χ3v) is 3.97. The van der Waals surface area contributed by atoms with Crippen LogP contribution in [0.2, 0.25) is 0 Å². The Morgan fingerprint density at radius 1 is 1.10 bits per heavy atom. The summed E-state index contributed by atoms with van der Waals surface area (Å²) in [6, 6.07) is 8.91. The molecule has 0 bridgehead atoms. The van der Waals surface area contributed by atoms with Crippen LogP contribution in [-0.4, -0.2) is 55.9 Å². The van der Waals surface area contributed by atoms with E-state index in [1.54, 1.807) is 0 Å². The number of aliphatic hydroxyl groups excluding tert-OH is 1. The van der Waals surface area contributed by atoms with Crippen molar-refractivity contribution < 1.29 is 5.11 Å². The molecule has 0 unspecified atom stereocenters. The third kappa shape index (κ3) is 5.30. The number of nitrogens with zero attached hydrogens (tertiary/aromatic N) is 2. The van der Waals surface area contributed by atoms with Gasteiger partial charge in [-0.05, 0) is 30.2 Å². The summed E-state index contributed by atoms with van der Waals surface area (Å²) in [7, 11) is 0. The summed E-state index contributed by atoms with van der Waals surface area (Å²) in [5.74, 6) is 0.694. The van der Waals surface area contributed by atoms with Crippen LogP contribution < -0.4 is 10.2 Å². The first-order valence-electron chi connectivity index (χ1n) is 8.07. The fraction of sp³-hybridized carbons (Fsp3) is 0.647. The van der Waals surface area contributed by atoms with Crippen molar-refractivity contribution in [1.82, 2.24) is 10.2 Å². The molecule has 4 nitrogen and oxygen atoms in total. The molecule has 0 spiro atoms. The number of benzene rings is 1. The van der Waals surface area contributed by atoms with Crippen molar-refractivity contribution in [1.29, 1.82) is 0 Å². The van der Waals surface area contributed by atoms with E-state index in [-0.39, 0.29) is 6.61 Å². The van der Waals surface area contributed by atoms with Gasteiger partial charge in [0, 0.05) is 45.0 Å². The zero-order valence-electron chi connectivity index (χ0n) is 13.4. The van der Waals surface area contributed by atoms with E-state index < -0.39 is 0 Å². The van der Waals surface area contributed by atoms with Gasteiger partial charge >= 0.3 is 0 Å². The number of β-amino-alcohol motifs (C(OH)–C–C–N with tert-alkyl or cyclic N) is 1. The van der Waals surface area contributed by atoms with Crippen LogP contribution in [-0.2, 0) is 6.54 Å². The van der Waals surface area contributed by atoms with Gasteiger partial charge in [-0.1, -0.05) is 26.0 Å². The van der Waals surface area contributed by atoms with E-state index in [9.17, 15) is 0 Å². The van der Waals surface area contributed by atoms with Crippen LogP contribution in [0.5, 0.6) is 0 Å². The molecule has 4 heteroatoms. The molecule has 0 aromatic heterocycles. The molecule has 1 aliphatic rings. The lowest BCUT2D eigenvalue weighted by atomic mass is 10.1. The number of anilines is 1. The monoisotopic (exact) mass is 291 g/mol. The van der Waals surface area contributed by atoms with Gasteiger partial charge in [-0.25, -0.2) is 0 Å². The van der Waals surface area contributed by atoms with Gasteiger partial charge in [0.05, 0.1) is 6.61 Å². The second-order valence-corrected chi connectivity index (χ2v) is 6.24. The summed E-state index contributed by atoms with van der Waals surface area (Å²) < 4.78 is 0. The Balaban J connectivity index is 1.79. The summed E-state index contributed by atoms with van der Waals surface area (Å²) in [5, 5.41) is 12.5. The summed E-state index contributed by atoms with van der Waals surface area (Å²) >= 11 is 0. The fourth-order valence-corrected chi connectivity index (χ4v) is 2.70. The highest BCUT2D eigenvalue weighted by Crippen LogP contribution is 2.17. The molecule has 0 amide bonds. The predicted molar refractivity (Wildman–Crippen MR) is 88.7 cm³/mol. The summed E-state index contributed by atoms with van der Waals surface area (Å²) in [6.45, 7) is 11.7. The van der Waals surface area contributed by atoms with Crippen molar-refractivity contribution in [2.45, 2.75) is 20.4 Å². The fourth-order valence-electron chi connectivity index (χ4n) is 2.70. The van der Waals surface area contributed by atoms with Crippen LogP contribution >= 0.6 is 0 Å². The molecule has 1 aromatic carbocycles. The third-order valence-electron chi connectivity index (χ3n) is 3.97. The van der Waals surface area contributed by atoms with Crippen molar-refractivity contribution in [2.75, 3.05) is 50.8 Å². The first-order chi connectivity index (χ1) is 10.2. The molecule has 21 heavy (non-hydrogen) atoms. The van der Waals surface area contributed by atoms with E-state index in [4.69, 9.17) is 5.11 Å². The molecule has 1 aromatic rings. The lowest BCUT2D eigenvalue weighted by Gasteiger charge is -2.35. The lowest BCUT2D eigenvalue weighted by Crippen LogP contribution is -2.47. The first kappa shape index (κ1) is 16.3. The van der Waals surface area contributed by atoms with Gasteiger partial charge in [0.2, 0.25) is 0 Å². The first-order valence-corrected chi connectivity index (χ1v) is 8.07. The number of rotatable bonds is 7. The van der Waals surface area contributed by atoms with Gasteiger partial charge in [-0.3, -0.25) is 4.90 Å². The second-order valence-electron chi connectivity index (χ2n) is 6.24. The zero-order chi connectivity index (χ0) is 15.1. The standard InChI is InChI=1S/C17H29N3O/c1-15(2)13-18-14-16-3-5-17(6-4-16)20-9-7-19(8-10-20)11-12-21/h3-6,15,18,21H,7-14H2,1-2H3. The second kappa shape index (κ2) is 8.37. The van der Waals surface area contributed by atoms with Crippen LogP contribution in [0.25, 0.3) is 0 Å². The van der Waals surface area contributed by atoms with E-state index in [1.165, 1.54) is 11.3 Å². The van der Waals surface area contributed by atoms with Crippen molar-refractivity contribution in [3.63, 3.8) is 0 Å². The van der Waals surface area contributed by atoms with Gasteiger partial charge in [0.15, 0.2) is 0 Å². The normalized spacial score (nSPS) is 16.7. The minimum absolute atomic E-state index is 0.262. The molecule has 2 rings (SSSR count). The minimum atomic E-state index is 0.262. The average molecular weight is 291 g/mol. The van der Waals surface area contributed by atoms with Gasteiger partial charge < -0.3 is 15.3 Å². The predicted octanol–water partition coefficient (Wildman–Crippen LogP) is 1.55. The van der Waals surface area contributed by atoms with E-state index in [0.717, 1.165) is 45.8 Å². The molecular formula is C17H29N3O. The van der Waals surface area contributed by atoms with Gasteiger partial charge in [-0.2, -0.15) is 0 Å². The van der Waals surface area contributed by atoms with Gasteiger partial charge in [-0.15, -0.1) is 0 Å². The summed E-state index contributed by atoms with van der Waals surface area (Å²) in [4.78, 5) is 4.75. The van der Waals surface area contributed by atoms with Crippen LogP contribution in [0.1, 0.15) is 19.4 Å². The molecule has 2 N–H and O–H groups in total. The number of nitrogens with one attached hydrogen (secondary N) is 1. The Bertz CT molecular complexity index is 397. The van der Waals surface area contributed by atoms with Gasteiger partial charge in [0.25, 0.3) is 0 Å². The molecule has 118 valence electrons. The Kier molecular flexibility index (Phi) is 6.49. The molecule has 0 aliphatic carbocycles. The maximum absolute atomic E-state index is 8.98. The average Bonchev–Trinajstić information content (AvgIpc) is 2.49. The largest absolute Gasteiger partial charge is 0.395 e. The summed E-state index contributed by atoms with van der Waals surface area (Å²) in [5.41, 5.74) is 2.66. The number of hydrogen-bond donors (Lipinski definition) is 2. The van der Waals surface area contributed by atoms with Gasteiger partial charge in [0.1, 0.15) is 0 Å². The Hall–Kier alpha value is -1.10. The van der Waals surface area contributed by atoms with Crippen molar-refractivity contribution in [3.8, 4) is 0 Å². The van der Waals surface area contributed by atoms with E-state index >= 15 is 0 Å². The molecule has 1 aliphatic heterocycles. The van der Waals surface area contributed by atoms with Crippen LogP contribution in [0.15, 0.2) is 24.3 Å². The van der Waals surface area contributed by atoms with E-state index in [1.807, 2.05) is 0 Å². The Morgan fingerprint density at radius 3 is 2.33 bits per heavy atom. The number of aliphatic hydroxyl groups is 1.